The summed E-state index contributed by atoms with van der Waals surface area (Å²) in [5.74, 6) is -2.73. The second-order valence-corrected chi connectivity index (χ2v) is 11.1. The third-order valence-electron chi connectivity index (χ3n) is 7.51. The van der Waals surface area contributed by atoms with Crippen molar-refractivity contribution >= 4 is 56.6 Å². The van der Waals surface area contributed by atoms with Crippen molar-refractivity contribution < 1.29 is 24.2 Å². The van der Waals surface area contributed by atoms with Gasteiger partial charge in [-0.2, -0.15) is 0 Å². The Morgan fingerprint density at radius 1 is 1.14 bits per heavy atom. The second-order valence-electron chi connectivity index (χ2n) is 9.51. The van der Waals surface area contributed by atoms with Gasteiger partial charge in [-0.05, 0) is 49.2 Å². The van der Waals surface area contributed by atoms with Gasteiger partial charge in [0.2, 0.25) is 17.7 Å². The number of likely N-dealkylation sites (tertiary alicyclic amines) is 1. The number of carbonyl (C=O) groups is 3. The van der Waals surface area contributed by atoms with Crippen LogP contribution in [-0.4, -0.2) is 63.0 Å². The summed E-state index contributed by atoms with van der Waals surface area (Å²) >= 11 is 9.64. The molecular weight excluding hydrogens is 550 g/mol. The Bertz CT molecular complexity index is 1160. The highest BCUT2D eigenvalue weighted by Gasteiger charge is 2.77. The van der Waals surface area contributed by atoms with Crippen LogP contribution in [0.15, 0.2) is 54.6 Å². The molecule has 5 rings (SSSR count). The number of halogens is 2. The van der Waals surface area contributed by atoms with Crippen LogP contribution in [0.3, 0.4) is 0 Å². The van der Waals surface area contributed by atoms with Crippen LogP contribution in [0.4, 0.5) is 11.4 Å². The van der Waals surface area contributed by atoms with Gasteiger partial charge in [0, 0.05) is 21.2 Å². The standard InChI is InChI=1S/C26H27BrClN3O5/c1-2-17(13-32)31-22(24(34)30-16-10-8-14(28)9-11-16)26-12-18(27)21(36-26)19(20(26)25(31)35)23(33)29-15-6-4-3-5-7-15/h3-11,17-22,32H,2,12-13H2,1H3,(H,29,33)(H,30,34)/t17-,18?,19-,20-,21-,22?,26?/m0/s1. The van der Waals surface area contributed by atoms with Gasteiger partial charge in [-0.1, -0.05) is 52.7 Å². The van der Waals surface area contributed by atoms with E-state index in [4.69, 9.17) is 16.3 Å². The number of hydrogen-bond acceptors (Lipinski definition) is 5. The number of para-hydroxylation sites is 1. The van der Waals surface area contributed by atoms with Crippen LogP contribution < -0.4 is 10.6 Å². The third-order valence-corrected chi connectivity index (χ3v) is 8.60. The van der Waals surface area contributed by atoms with Crippen LogP contribution >= 0.6 is 27.5 Å². The molecule has 36 heavy (non-hydrogen) atoms. The highest BCUT2D eigenvalue weighted by Crippen LogP contribution is 2.60. The number of ether oxygens (including phenoxy) is 1. The molecule has 3 unspecified atom stereocenters. The Hall–Kier alpha value is -2.46. The molecule has 1 spiro atoms. The predicted molar refractivity (Wildman–Crippen MR) is 139 cm³/mol. The summed E-state index contributed by atoms with van der Waals surface area (Å²) in [5.41, 5.74) is -0.0603. The molecule has 3 heterocycles. The Morgan fingerprint density at radius 2 is 1.78 bits per heavy atom. The second kappa shape index (κ2) is 9.78. The molecule has 3 saturated heterocycles. The zero-order valence-corrected chi connectivity index (χ0v) is 21.9. The van der Waals surface area contributed by atoms with Crippen LogP contribution in [0, 0.1) is 11.8 Å². The molecule has 190 valence electrons. The van der Waals surface area contributed by atoms with Crippen molar-refractivity contribution in [3.63, 3.8) is 0 Å². The number of fused-ring (bicyclic) bond motifs is 1. The first-order chi connectivity index (χ1) is 17.3. The van der Waals surface area contributed by atoms with Crippen LogP contribution in [0.1, 0.15) is 19.8 Å². The molecule has 3 N–H and O–H groups in total. The minimum atomic E-state index is -1.20. The summed E-state index contributed by atoms with van der Waals surface area (Å²) in [6, 6.07) is 14.1. The molecule has 3 aliphatic heterocycles. The average Bonchev–Trinajstić information content (AvgIpc) is 3.46. The van der Waals surface area contributed by atoms with Crippen molar-refractivity contribution in [1.82, 2.24) is 4.90 Å². The lowest BCUT2D eigenvalue weighted by molar-refractivity contribution is -0.143. The average molecular weight is 577 g/mol. The summed E-state index contributed by atoms with van der Waals surface area (Å²) in [7, 11) is 0. The van der Waals surface area contributed by atoms with Crippen molar-refractivity contribution in [2.24, 2.45) is 11.8 Å². The molecule has 7 atom stereocenters. The number of benzene rings is 2. The van der Waals surface area contributed by atoms with Gasteiger partial charge in [0.25, 0.3) is 0 Å². The van der Waals surface area contributed by atoms with Gasteiger partial charge in [0.1, 0.15) is 11.6 Å². The van der Waals surface area contributed by atoms with Crippen LogP contribution in [0.2, 0.25) is 5.02 Å². The van der Waals surface area contributed by atoms with E-state index in [2.05, 4.69) is 26.6 Å². The molecule has 0 radical (unpaired) electrons. The first kappa shape index (κ1) is 25.2. The molecule has 2 aromatic carbocycles. The number of aliphatic hydroxyl groups excluding tert-OH is 1. The van der Waals surface area contributed by atoms with Crippen LogP contribution in [0.5, 0.6) is 0 Å². The maximum Gasteiger partial charge on any atom is 0.250 e. The molecule has 2 bridgehead atoms. The zero-order chi connectivity index (χ0) is 25.6. The first-order valence-electron chi connectivity index (χ1n) is 12.0. The van der Waals surface area contributed by atoms with Gasteiger partial charge in [-0.25, -0.2) is 0 Å². The molecule has 3 aliphatic rings. The largest absolute Gasteiger partial charge is 0.394 e. The first-order valence-corrected chi connectivity index (χ1v) is 13.3. The lowest BCUT2D eigenvalue weighted by Crippen LogP contribution is -2.56. The van der Waals surface area contributed by atoms with Crippen LogP contribution in [-0.2, 0) is 19.1 Å². The van der Waals surface area contributed by atoms with E-state index in [0.717, 1.165) is 0 Å². The number of carbonyl (C=O) groups excluding carboxylic acids is 3. The van der Waals surface area contributed by atoms with E-state index in [0.29, 0.717) is 29.2 Å². The Balaban J connectivity index is 1.52. The third kappa shape index (κ3) is 4.02. The van der Waals surface area contributed by atoms with Crippen molar-refractivity contribution in [1.29, 1.82) is 0 Å². The summed E-state index contributed by atoms with van der Waals surface area (Å²) in [4.78, 5) is 42.5. The van der Waals surface area contributed by atoms with Crippen molar-refractivity contribution in [3.8, 4) is 0 Å². The highest BCUT2D eigenvalue weighted by molar-refractivity contribution is 9.09. The monoisotopic (exact) mass is 575 g/mol. The number of nitrogens with one attached hydrogen (secondary N) is 2. The quantitative estimate of drug-likeness (QED) is 0.438. The summed E-state index contributed by atoms with van der Waals surface area (Å²) in [6.07, 6.45) is 0.266. The minimum Gasteiger partial charge on any atom is -0.394 e. The van der Waals surface area contributed by atoms with Gasteiger partial charge in [-0.3, -0.25) is 14.4 Å². The number of hydrogen-bond donors (Lipinski definition) is 3. The molecule has 8 nitrogen and oxygen atoms in total. The fourth-order valence-electron chi connectivity index (χ4n) is 5.96. The fourth-order valence-corrected chi connectivity index (χ4v) is 7.03. The predicted octanol–water partition coefficient (Wildman–Crippen LogP) is 3.44. The molecule has 2 aromatic rings. The summed E-state index contributed by atoms with van der Waals surface area (Å²) in [5, 5.41) is 16.4. The summed E-state index contributed by atoms with van der Waals surface area (Å²) < 4.78 is 6.46. The van der Waals surface area contributed by atoms with E-state index in [-0.39, 0.29) is 23.2 Å². The van der Waals surface area contributed by atoms with E-state index in [1.807, 2.05) is 25.1 Å². The maximum atomic E-state index is 14.0. The Kier molecular flexibility index (Phi) is 6.84. The van der Waals surface area contributed by atoms with Crippen molar-refractivity contribution in [2.75, 3.05) is 17.2 Å². The van der Waals surface area contributed by atoms with Gasteiger partial charge >= 0.3 is 0 Å². The zero-order valence-electron chi connectivity index (χ0n) is 19.6. The lowest BCUT2D eigenvalue weighted by Gasteiger charge is -2.36. The van der Waals surface area contributed by atoms with E-state index in [1.165, 1.54) is 4.90 Å². The molecular formula is C26H27BrClN3O5. The van der Waals surface area contributed by atoms with E-state index >= 15 is 0 Å². The number of anilines is 2. The number of amides is 3. The Morgan fingerprint density at radius 3 is 2.42 bits per heavy atom. The molecule has 0 aliphatic carbocycles. The maximum absolute atomic E-state index is 14.0. The van der Waals surface area contributed by atoms with Gasteiger partial charge in [-0.15, -0.1) is 0 Å². The van der Waals surface area contributed by atoms with E-state index < -0.39 is 41.5 Å². The SMILES string of the molecule is CC[C@@H](CO)N1C(=O)[C@@H]2[C@H](C(=O)Nc3ccccc3)[C@H]3OC2(CC3Br)C1C(=O)Nc1ccc(Cl)cc1. The van der Waals surface area contributed by atoms with Gasteiger partial charge in [0.05, 0.1) is 30.6 Å². The number of aliphatic hydroxyl groups is 1. The van der Waals surface area contributed by atoms with Crippen LogP contribution in [0.25, 0.3) is 0 Å². The van der Waals surface area contributed by atoms with Gasteiger partial charge in [0.15, 0.2) is 0 Å². The number of rotatable bonds is 7. The van der Waals surface area contributed by atoms with E-state index in [1.54, 1.807) is 36.4 Å². The van der Waals surface area contributed by atoms with E-state index in [9.17, 15) is 19.5 Å². The molecule has 0 aromatic heterocycles. The number of alkyl halides is 1. The highest BCUT2D eigenvalue weighted by atomic mass is 79.9. The van der Waals surface area contributed by atoms with Crippen molar-refractivity contribution in [3.05, 3.63) is 59.6 Å². The Labute approximate surface area is 222 Å². The normalized spacial score (nSPS) is 31.3. The lowest BCUT2D eigenvalue weighted by atomic mass is 9.70. The number of nitrogens with zero attached hydrogens (tertiary/aromatic N) is 1. The molecule has 0 saturated carbocycles. The molecule has 3 fully saturated rings. The van der Waals surface area contributed by atoms with Crippen molar-refractivity contribution in [2.45, 2.75) is 48.4 Å². The topological polar surface area (TPSA) is 108 Å². The van der Waals surface area contributed by atoms with Gasteiger partial charge < -0.3 is 25.4 Å². The summed E-state index contributed by atoms with van der Waals surface area (Å²) in [6.45, 7) is 1.54. The smallest absolute Gasteiger partial charge is 0.250 e. The minimum absolute atomic E-state index is 0.215. The molecule has 3 amide bonds. The molecule has 10 heteroatoms. The fraction of sp³-hybridized carbons (Fsp3) is 0.423.